The molecule has 3 rings (SSSR count). The summed E-state index contributed by atoms with van der Waals surface area (Å²) in [7, 11) is 0. The largest absolute Gasteiger partial charge is 0.477 e. The molecule has 0 spiro atoms. The zero-order valence-electron chi connectivity index (χ0n) is 10.9. The zero-order chi connectivity index (χ0) is 14.1. The van der Waals surface area contributed by atoms with Gasteiger partial charge in [-0.3, -0.25) is 4.79 Å². The molecule has 0 saturated carbocycles. The van der Waals surface area contributed by atoms with Crippen LogP contribution in [0.5, 0.6) is 5.75 Å². The molecule has 4 nitrogen and oxygen atoms in total. The van der Waals surface area contributed by atoms with Gasteiger partial charge in [-0.1, -0.05) is 24.3 Å². The lowest BCUT2D eigenvalue weighted by molar-refractivity contribution is -0.127. The third-order valence-corrected chi connectivity index (χ3v) is 3.74. The fourth-order valence-electron chi connectivity index (χ4n) is 2.67. The van der Waals surface area contributed by atoms with Gasteiger partial charge in [-0.05, 0) is 12.5 Å². The Bertz CT molecular complexity index is 558. The Morgan fingerprint density at radius 3 is 3.00 bits per heavy atom. The Labute approximate surface area is 116 Å². The third-order valence-electron chi connectivity index (χ3n) is 3.74. The summed E-state index contributed by atoms with van der Waals surface area (Å²) in [6, 6.07) is 4.62. The molecule has 2 aliphatic rings. The number of para-hydroxylation sites is 1. The molecule has 0 fully saturated rings. The van der Waals surface area contributed by atoms with Crippen molar-refractivity contribution in [2.45, 2.75) is 25.0 Å². The van der Waals surface area contributed by atoms with Crippen molar-refractivity contribution in [3.63, 3.8) is 0 Å². The first-order valence-corrected chi connectivity index (χ1v) is 6.71. The van der Waals surface area contributed by atoms with Crippen molar-refractivity contribution in [1.82, 2.24) is 5.32 Å². The van der Waals surface area contributed by atoms with Crippen molar-refractivity contribution in [2.75, 3.05) is 6.61 Å². The number of ether oxygens (including phenoxy) is 1. The fraction of sp³-hybridized carbons (Fsp3) is 0.400. The van der Waals surface area contributed by atoms with E-state index in [9.17, 15) is 9.18 Å². The molecule has 0 radical (unpaired) electrons. The van der Waals surface area contributed by atoms with Crippen molar-refractivity contribution in [1.29, 1.82) is 0 Å². The number of hydrogen-bond donors (Lipinski definition) is 2. The minimum Gasteiger partial charge on any atom is -0.477 e. The second-order valence-electron chi connectivity index (χ2n) is 5.22. The van der Waals surface area contributed by atoms with Crippen molar-refractivity contribution in [3.8, 4) is 5.75 Å². The molecule has 1 aromatic rings. The highest BCUT2D eigenvalue weighted by Crippen LogP contribution is 2.31. The van der Waals surface area contributed by atoms with E-state index in [0.717, 1.165) is 5.56 Å². The molecule has 5 heteroatoms. The number of hydrogen-bond acceptors (Lipinski definition) is 3. The Morgan fingerprint density at radius 2 is 2.30 bits per heavy atom. The summed E-state index contributed by atoms with van der Waals surface area (Å²) in [4.78, 5) is 12.1. The molecule has 0 bridgehead atoms. The van der Waals surface area contributed by atoms with E-state index in [1.807, 2.05) is 12.2 Å². The van der Waals surface area contributed by atoms with Crippen LogP contribution in [0.15, 0.2) is 30.4 Å². The molecule has 0 aromatic heterocycles. The van der Waals surface area contributed by atoms with Crippen LogP contribution >= 0.6 is 0 Å². The number of nitrogens with one attached hydrogen (secondary N) is 1. The summed E-state index contributed by atoms with van der Waals surface area (Å²) in [5.74, 6) is -0.393. The molecule has 0 saturated heterocycles. The van der Waals surface area contributed by atoms with Crippen molar-refractivity contribution >= 4 is 5.91 Å². The smallest absolute Gasteiger partial charge is 0.261 e. The average molecular weight is 277 g/mol. The van der Waals surface area contributed by atoms with E-state index >= 15 is 0 Å². The van der Waals surface area contributed by atoms with Crippen molar-refractivity contribution in [3.05, 3.63) is 41.7 Å². The van der Waals surface area contributed by atoms with Crippen molar-refractivity contribution in [2.24, 2.45) is 5.92 Å². The van der Waals surface area contributed by atoms with E-state index in [-0.39, 0.29) is 30.2 Å². The van der Waals surface area contributed by atoms with Gasteiger partial charge < -0.3 is 15.2 Å². The maximum absolute atomic E-state index is 13.5. The average Bonchev–Trinajstić information content (AvgIpc) is 3.05. The van der Waals surface area contributed by atoms with Gasteiger partial charge in [-0.2, -0.15) is 0 Å². The number of amides is 1. The lowest BCUT2D eigenvalue weighted by Crippen LogP contribution is -2.42. The first-order valence-electron chi connectivity index (χ1n) is 6.71. The lowest BCUT2D eigenvalue weighted by atomic mass is 10.1. The van der Waals surface area contributed by atoms with Gasteiger partial charge in [0.15, 0.2) is 17.7 Å². The third kappa shape index (κ3) is 2.41. The number of carbonyl (C=O) groups excluding carboxylic acids is 1. The first-order chi connectivity index (χ1) is 9.67. The van der Waals surface area contributed by atoms with Gasteiger partial charge in [0.1, 0.15) is 0 Å². The monoisotopic (exact) mass is 277 g/mol. The maximum Gasteiger partial charge on any atom is 0.261 e. The number of benzene rings is 1. The standard InChI is InChI=1S/C15H16FNO3/c16-12-3-1-2-10-7-13(20-14(10)12)15(19)17-11-5-4-9(6-11)8-18/h1-5,9,11,13,18H,6-8H2,(H,17,19)/t9-,11+,13?/m0/s1. The quantitative estimate of drug-likeness (QED) is 0.816. The van der Waals surface area contributed by atoms with E-state index < -0.39 is 11.9 Å². The Kier molecular flexibility index (Phi) is 3.44. The molecule has 2 N–H and O–H groups in total. The van der Waals surface area contributed by atoms with Crippen LogP contribution in [0.3, 0.4) is 0 Å². The molecule has 1 heterocycles. The lowest BCUT2D eigenvalue weighted by Gasteiger charge is -2.16. The van der Waals surface area contributed by atoms with Crippen LogP contribution in [-0.4, -0.2) is 29.8 Å². The zero-order valence-corrected chi connectivity index (χ0v) is 10.9. The minimum atomic E-state index is -0.677. The van der Waals surface area contributed by atoms with Crippen LogP contribution in [0.4, 0.5) is 4.39 Å². The number of fused-ring (bicyclic) bond motifs is 1. The van der Waals surface area contributed by atoms with Crippen LogP contribution in [0.1, 0.15) is 12.0 Å². The van der Waals surface area contributed by atoms with Gasteiger partial charge in [-0.25, -0.2) is 4.39 Å². The molecular weight excluding hydrogens is 261 g/mol. The first kappa shape index (κ1) is 13.1. The van der Waals surface area contributed by atoms with Gasteiger partial charge in [-0.15, -0.1) is 0 Å². The van der Waals surface area contributed by atoms with Crippen LogP contribution in [0.25, 0.3) is 0 Å². The highest BCUT2D eigenvalue weighted by Gasteiger charge is 2.32. The fourth-order valence-corrected chi connectivity index (χ4v) is 2.67. The van der Waals surface area contributed by atoms with Crippen LogP contribution in [0, 0.1) is 11.7 Å². The summed E-state index contributed by atoms with van der Waals surface area (Å²) in [6.07, 6.45) is 4.18. The topological polar surface area (TPSA) is 58.6 Å². The molecule has 1 amide bonds. The molecule has 20 heavy (non-hydrogen) atoms. The second-order valence-corrected chi connectivity index (χ2v) is 5.22. The van der Waals surface area contributed by atoms with E-state index in [0.29, 0.717) is 12.8 Å². The molecule has 1 aliphatic heterocycles. The predicted octanol–water partition coefficient (Wildman–Crippen LogP) is 1.18. The minimum absolute atomic E-state index is 0.0828. The summed E-state index contributed by atoms with van der Waals surface area (Å²) < 4.78 is 18.9. The molecular formula is C15H16FNO3. The molecule has 1 aromatic carbocycles. The van der Waals surface area contributed by atoms with Gasteiger partial charge in [0.2, 0.25) is 0 Å². The number of carbonyl (C=O) groups is 1. The van der Waals surface area contributed by atoms with Gasteiger partial charge in [0, 0.05) is 30.6 Å². The van der Waals surface area contributed by atoms with Gasteiger partial charge in [0.25, 0.3) is 5.91 Å². The molecule has 1 aliphatic carbocycles. The summed E-state index contributed by atoms with van der Waals surface area (Å²) in [6.45, 7) is 0.0828. The van der Waals surface area contributed by atoms with E-state index in [2.05, 4.69) is 5.32 Å². The van der Waals surface area contributed by atoms with Crippen molar-refractivity contribution < 1.29 is 19.0 Å². The molecule has 106 valence electrons. The summed E-state index contributed by atoms with van der Waals surface area (Å²) >= 11 is 0. The van der Waals surface area contributed by atoms with Gasteiger partial charge in [0.05, 0.1) is 0 Å². The van der Waals surface area contributed by atoms with E-state index in [1.54, 1.807) is 12.1 Å². The van der Waals surface area contributed by atoms with E-state index in [4.69, 9.17) is 9.84 Å². The molecule has 3 atom stereocenters. The Balaban J connectivity index is 1.61. The maximum atomic E-state index is 13.5. The highest BCUT2D eigenvalue weighted by atomic mass is 19.1. The Hall–Kier alpha value is -1.88. The normalized spacial score (nSPS) is 27.2. The summed E-state index contributed by atoms with van der Waals surface area (Å²) in [5.41, 5.74) is 0.723. The Morgan fingerprint density at radius 1 is 1.45 bits per heavy atom. The van der Waals surface area contributed by atoms with Gasteiger partial charge >= 0.3 is 0 Å². The second kappa shape index (κ2) is 5.25. The van der Waals surface area contributed by atoms with Crippen LogP contribution < -0.4 is 10.1 Å². The SMILES string of the molecule is O=C(N[C@@H]1C=C[C@H](CO)C1)C1Cc2cccc(F)c2O1. The highest BCUT2D eigenvalue weighted by molar-refractivity contribution is 5.83. The van der Waals surface area contributed by atoms with E-state index in [1.165, 1.54) is 6.07 Å². The number of aliphatic hydroxyl groups is 1. The van der Waals surface area contributed by atoms with Crippen LogP contribution in [-0.2, 0) is 11.2 Å². The number of halogens is 1. The summed E-state index contributed by atoms with van der Waals surface area (Å²) in [5, 5.41) is 11.9. The number of rotatable bonds is 3. The van der Waals surface area contributed by atoms with Crippen LogP contribution in [0.2, 0.25) is 0 Å². The molecule has 1 unspecified atom stereocenters. The predicted molar refractivity (Wildman–Crippen MR) is 70.8 cm³/mol. The number of aliphatic hydroxyl groups excluding tert-OH is 1.